The predicted octanol–water partition coefficient (Wildman–Crippen LogP) is 1.86. The van der Waals surface area contributed by atoms with Gasteiger partial charge in [-0.3, -0.25) is 4.79 Å². The molecule has 1 fully saturated rings. The van der Waals surface area contributed by atoms with E-state index in [1.165, 1.54) is 6.42 Å². The number of nitrogens with zero attached hydrogens (tertiary/aromatic N) is 1. The molecule has 0 bridgehead atoms. The average Bonchev–Trinajstić information content (AvgIpc) is 2.57. The number of nitrogens with one attached hydrogen (secondary N) is 1. The van der Waals surface area contributed by atoms with Gasteiger partial charge in [0.25, 0.3) is 5.91 Å². The van der Waals surface area contributed by atoms with Gasteiger partial charge in [-0.1, -0.05) is 6.92 Å². The van der Waals surface area contributed by atoms with Gasteiger partial charge in [0, 0.05) is 25.0 Å². The smallest absolute Gasteiger partial charge is 0.270 e. The Morgan fingerprint density at radius 3 is 3.00 bits per heavy atom. The van der Waals surface area contributed by atoms with Gasteiger partial charge >= 0.3 is 0 Å². The first kappa shape index (κ1) is 11.0. The summed E-state index contributed by atoms with van der Waals surface area (Å²) in [6, 6.07) is 1.71. The second kappa shape index (κ2) is 4.60. The zero-order valence-electron chi connectivity index (χ0n) is 9.70. The van der Waals surface area contributed by atoms with Gasteiger partial charge in [0.1, 0.15) is 5.69 Å². The Kier molecular flexibility index (Phi) is 3.17. The van der Waals surface area contributed by atoms with Crippen LogP contribution in [0.2, 0.25) is 0 Å². The largest absolute Gasteiger partial charge is 0.397 e. The molecular weight excluding hydrogens is 202 g/mol. The Labute approximate surface area is 95.8 Å². The third kappa shape index (κ3) is 2.38. The van der Waals surface area contributed by atoms with E-state index in [2.05, 4.69) is 11.9 Å². The molecule has 1 atom stereocenters. The number of carbonyl (C=O) groups excluding carboxylic acids is 1. The summed E-state index contributed by atoms with van der Waals surface area (Å²) in [5.74, 6) is 0.803. The maximum absolute atomic E-state index is 12.1. The molecule has 16 heavy (non-hydrogen) atoms. The summed E-state index contributed by atoms with van der Waals surface area (Å²) in [6.07, 6.45) is 5.08. The Hall–Kier alpha value is -1.45. The summed E-state index contributed by atoms with van der Waals surface area (Å²) in [6.45, 7) is 3.97. The predicted molar refractivity (Wildman–Crippen MR) is 64.1 cm³/mol. The number of H-pyrrole nitrogens is 1. The van der Waals surface area contributed by atoms with Crippen LogP contribution >= 0.6 is 0 Å². The van der Waals surface area contributed by atoms with Crippen molar-refractivity contribution in [1.29, 1.82) is 0 Å². The highest BCUT2D eigenvalue weighted by Gasteiger charge is 2.20. The number of nitrogens with two attached hydrogens (primary N) is 1. The molecule has 1 aliphatic rings. The van der Waals surface area contributed by atoms with Crippen LogP contribution in [0, 0.1) is 5.92 Å². The SMILES string of the molecule is CC1CCCN(C(=O)c2cc(N)c[nH]2)CC1. The lowest BCUT2D eigenvalue weighted by atomic mass is 10.0. The van der Waals surface area contributed by atoms with E-state index in [9.17, 15) is 4.79 Å². The summed E-state index contributed by atoms with van der Waals surface area (Å²) in [4.78, 5) is 17.0. The van der Waals surface area contributed by atoms with Crippen molar-refractivity contribution in [2.45, 2.75) is 26.2 Å². The van der Waals surface area contributed by atoms with E-state index in [0.717, 1.165) is 31.8 Å². The van der Waals surface area contributed by atoms with E-state index in [1.807, 2.05) is 4.90 Å². The molecule has 0 aliphatic carbocycles. The molecule has 1 aliphatic heterocycles. The van der Waals surface area contributed by atoms with Crippen molar-refractivity contribution in [3.63, 3.8) is 0 Å². The van der Waals surface area contributed by atoms with Crippen molar-refractivity contribution in [2.75, 3.05) is 18.8 Å². The fraction of sp³-hybridized carbons (Fsp3) is 0.583. The van der Waals surface area contributed by atoms with Gasteiger partial charge in [0.05, 0.1) is 0 Å². The van der Waals surface area contributed by atoms with Crippen molar-refractivity contribution >= 4 is 11.6 Å². The average molecular weight is 221 g/mol. The van der Waals surface area contributed by atoms with Gasteiger partial charge in [0.15, 0.2) is 0 Å². The summed E-state index contributed by atoms with van der Waals surface area (Å²) < 4.78 is 0. The summed E-state index contributed by atoms with van der Waals surface area (Å²) >= 11 is 0. The van der Waals surface area contributed by atoms with Crippen LogP contribution in [0.3, 0.4) is 0 Å². The lowest BCUT2D eigenvalue weighted by molar-refractivity contribution is 0.0755. The zero-order chi connectivity index (χ0) is 11.5. The highest BCUT2D eigenvalue weighted by molar-refractivity contribution is 5.93. The minimum atomic E-state index is 0.0748. The minimum Gasteiger partial charge on any atom is -0.397 e. The van der Waals surface area contributed by atoms with Gasteiger partial charge in [-0.2, -0.15) is 0 Å². The van der Waals surface area contributed by atoms with Crippen molar-refractivity contribution < 1.29 is 4.79 Å². The molecule has 1 amide bonds. The summed E-state index contributed by atoms with van der Waals surface area (Å²) in [5.41, 5.74) is 6.82. The van der Waals surface area contributed by atoms with Gasteiger partial charge in [-0.25, -0.2) is 0 Å². The molecule has 4 nitrogen and oxygen atoms in total. The number of aromatic nitrogens is 1. The monoisotopic (exact) mass is 221 g/mol. The van der Waals surface area contributed by atoms with Crippen LogP contribution in [-0.4, -0.2) is 28.9 Å². The number of aromatic amines is 1. The molecule has 1 aromatic rings. The maximum Gasteiger partial charge on any atom is 0.270 e. The fourth-order valence-corrected chi connectivity index (χ4v) is 2.17. The van der Waals surface area contributed by atoms with Crippen molar-refractivity contribution in [3.05, 3.63) is 18.0 Å². The molecular formula is C12H19N3O. The molecule has 0 radical (unpaired) electrons. The Bertz CT molecular complexity index is 372. The number of likely N-dealkylation sites (tertiary alicyclic amines) is 1. The first-order valence-corrected chi connectivity index (χ1v) is 5.90. The second-order valence-electron chi connectivity index (χ2n) is 4.67. The molecule has 0 saturated carbocycles. The molecule has 1 unspecified atom stereocenters. The van der Waals surface area contributed by atoms with Gasteiger partial charge in [-0.05, 0) is 31.2 Å². The maximum atomic E-state index is 12.1. The van der Waals surface area contributed by atoms with E-state index in [4.69, 9.17) is 5.73 Å². The molecule has 2 rings (SSSR count). The van der Waals surface area contributed by atoms with Crippen LogP contribution in [0.4, 0.5) is 5.69 Å². The van der Waals surface area contributed by atoms with E-state index < -0.39 is 0 Å². The molecule has 0 aromatic carbocycles. The minimum absolute atomic E-state index is 0.0748. The molecule has 1 saturated heterocycles. The lowest BCUT2D eigenvalue weighted by Gasteiger charge is -2.19. The van der Waals surface area contributed by atoms with E-state index in [-0.39, 0.29) is 5.91 Å². The highest BCUT2D eigenvalue weighted by atomic mass is 16.2. The zero-order valence-corrected chi connectivity index (χ0v) is 9.70. The van der Waals surface area contributed by atoms with Gasteiger partial charge in [-0.15, -0.1) is 0 Å². The summed E-state index contributed by atoms with van der Waals surface area (Å²) in [7, 11) is 0. The molecule has 0 spiro atoms. The fourth-order valence-electron chi connectivity index (χ4n) is 2.17. The third-order valence-electron chi connectivity index (χ3n) is 3.24. The first-order chi connectivity index (χ1) is 7.66. The second-order valence-corrected chi connectivity index (χ2v) is 4.67. The van der Waals surface area contributed by atoms with E-state index in [0.29, 0.717) is 11.4 Å². The van der Waals surface area contributed by atoms with Crippen molar-refractivity contribution in [3.8, 4) is 0 Å². The standard InChI is InChI=1S/C12H19N3O/c1-9-3-2-5-15(6-4-9)12(16)11-7-10(13)8-14-11/h7-9,14H,2-6,13H2,1H3. The number of amides is 1. The number of hydrogen-bond donors (Lipinski definition) is 2. The first-order valence-electron chi connectivity index (χ1n) is 5.90. The molecule has 88 valence electrons. The molecule has 1 aromatic heterocycles. The quantitative estimate of drug-likeness (QED) is 0.760. The Balaban J connectivity index is 2.04. The number of anilines is 1. The molecule has 2 heterocycles. The van der Waals surface area contributed by atoms with Crippen LogP contribution in [0.15, 0.2) is 12.3 Å². The normalized spacial score (nSPS) is 21.8. The molecule has 3 N–H and O–H groups in total. The van der Waals surface area contributed by atoms with Crippen molar-refractivity contribution in [2.24, 2.45) is 5.92 Å². The summed E-state index contributed by atoms with van der Waals surface area (Å²) in [5, 5.41) is 0. The number of nitrogen functional groups attached to an aromatic ring is 1. The van der Waals surface area contributed by atoms with Crippen LogP contribution in [0.1, 0.15) is 36.7 Å². The number of hydrogen-bond acceptors (Lipinski definition) is 2. The third-order valence-corrected chi connectivity index (χ3v) is 3.24. The van der Waals surface area contributed by atoms with Crippen LogP contribution in [0.5, 0.6) is 0 Å². The number of rotatable bonds is 1. The van der Waals surface area contributed by atoms with Gasteiger partial charge in [0.2, 0.25) is 0 Å². The van der Waals surface area contributed by atoms with Crippen LogP contribution in [0.25, 0.3) is 0 Å². The van der Waals surface area contributed by atoms with Crippen LogP contribution in [-0.2, 0) is 0 Å². The Morgan fingerprint density at radius 2 is 2.31 bits per heavy atom. The highest BCUT2D eigenvalue weighted by Crippen LogP contribution is 2.18. The molecule has 4 heteroatoms. The van der Waals surface area contributed by atoms with Crippen molar-refractivity contribution in [1.82, 2.24) is 9.88 Å². The number of carbonyl (C=O) groups is 1. The van der Waals surface area contributed by atoms with Crippen LogP contribution < -0.4 is 5.73 Å². The van der Waals surface area contributed by atoms with E-state index >= 15 is 0 Å². The Morgan fingerprint density at radius 1 is 1.50 bits per heavy atom. The van der Waals surface area contributed by atoms with E-state index in [1.54, 1.807) is 12.3 Å². The lowest BCUT2D eigenvalue weighted by Crippen LogP contribution is -2.32. The topological polar surface area (TPSA) is 62.1 Å². The van der Waals surface area contributed by atoms with Gasteiger partial charge < -0.3 is 15.6 Å².